The highest BCUT2D eigenvalue weighted by atomic mass is 19.1. The number of hydrogen-bond donors (Lipinski definition) is 0. The number of hydrogen-bond acceptors (Lipinski definition) is 3. The van der Waals surface area contributed by atoms with E-state index in [0.717, 1.165) is 6.08 Å². The van der Waals surface area contributed by atoms with Gasteiger partial charge in [-0.25, -0.2) is 9.37 Å². The van der Waals surface area contributed by atoms with Crippen LogP contribution in [-0.2, 0) is 4.79 Å². The summed E-state index contributed by atoms with van der Waals surface area (Å²) in [7, 11) is 0. The number of carbonyl (C=O) groups excluding carboxylic acids is 1. The van der Waals surface area contributed by atoms with Gasteiger partial charge in [-0.1, -0.05) is 0 Å². The van der Waals surface area contributed by atoms with Crippen molar-refractivity contribution in [3.8, 4) is 0 Å². The second kappa shape index (κ2) is 3.09. The summed E-state index contributed by atoms with van der Waals surface area (Å²) in [5.74, 6) is -0.423. The molecule has 0 atom stereocenters. The highest BCUT2D eigenvalue weighted by Crippen LogP contribution is 2.05. The Kier molecular flexibility index (Phi) is 2.15. The molecule has 58 valence electrons. The normalized spacial score (nSPS) is 11.6. The lowest BCUT2D eigenvalue weighted by atomic mass is 10.4. The summed E-state index contributed by atoms with van der Waals surface area (Å²) in [4.78, 5) is 13.6. The molecule has 0 bridgehead atoms. The van der Waals surface area contributed by atoms with Crippen molar-refractivity contribution in [3.05, 3.63) is 23.7 Å². The molecule has 1 aromatic heterocycles. The first-order valence-corrected chi connectivity index (χ1v) is 2.97. The third-order valence-electron chi connectivity index (χ3n) is 1.04. The van der Waals surface area contributed by atoms with Crippen LogP contribution in [0.3, 0.4) is 0 Å². The zero-order valence-corrected chi connectivity index (χ0v) is 5.87. The van der Waals surface area contributed by atoms with Crippen molar-refractivity contribution < 1.29 is 13.6 Å². The van der Waals surface area contributed by atoms with Crippen LogP contribution < -0.4 is 0 Å². The third-order valence-corrected chi connectivity index (χ3v) is 1.04. The first-order chi connectivity index (χ1) is 5.22. The molecule has 0 aliphatic rings. The average Bonchev–Trinajstić information content (AvgIpc) is 2.35. The lowest BCUT2D eigenvalue weighted by molar-refractivity contribution is -0.106. The fourth-order valence-electron chi connectivity index (χ4n) is 0.622. The molecule has 0 saturated heterocycles. The molecule has 0 amide bonds. The predicted molar refractivity (Wildman–Crippen MR) is 36.4 cm³/mol. The van der Waals surface area contributed by atoms with E-state index in [-0.39, 0.29) is 6.29 Å². The van der Waals surface area contributed by atoms with Crippen molar-refractivity contribution in [1.82, 2.24) is 4.98 Å². The van der Waals surface area contributed by atoms with E-state index in [9.17, 15) is 9.18 Å². The Morgan fingerprint density at radius 2 is 2.55 bits per heavy atom. The Balaban J connectivity index is 2.86. The maximum atomic E-state index is 12.2. The van der Waals surface area contributed by atoms with E-state index in [1.54, 1.807) is 6.92 Å². The second-order valence-corrected chi connectivity index (χ2v) is 1.94. The van der Waals surface area contributed by atoms with Gasteiger partial charge in [0, 0.05) is 13.0 Å². The van der Waals surface area contributed by atoms with Gasteiger partial charge in [0.2, 0.25) is 0 Å². The minimum absolute atomic E-state index is 0.115. The Bertz CT molecular complexity index is 290. The van der Waals surface area contributed by atoms with Crippen molar-refractivity contribution in [3.63, 3.8) is 0 Å². The van der Waals surface area contributed by atoms with Crippen LogP contribution in [0.15, 0.2) is 16.5 Å². The molecule has 4 heteroatoms. The zero-order valence-electron chi connectivity index (χ0n) is 5.87. The number of nitrogens with zero attached hydrogens (tertiary/aromatic N) is 1. The maximum absolute atomic E-state index is 12.2. The van der Waals surface area contributed by atoms with Gasteiger partial charge in [0.15, 0.2) is 18.0 Å². The molecule has 0 saturated carbocycles. The van der Waals surface area contributed by atoms with Crippen LogP contribution in [-0.4, -0.2) is 11.3 Å². The Labute approximate surface area is 62.5 Å². The summed E-state index contributed by atoms with van der Waals surface area (Å²) < 4.78 is 17.0. The molecule has 1 rings (SSSR count). The van der Waals surface area contributed by atoms with Crippen molar-refractivity contribution >= 4 is 12.4 Å². The molecule has 0 N–H and O–H groups in total. The van der Waals surface area contributed by atoms with E-state index >= 15 is 0 Å². The fourth-order valence-corrected chi connectivity index (χ4v) is 0.622. The molecule has 0 radical (unpaired) electrons. The van der Waals surface area contributed by atoms with Gasteiger partial charge < -0.3 is 4.42 Å². The summed E-state index contributed by atoms with van der Waals surface area (Å²) in [6.07, 6.45) is 2.39. The number of oxazole rings is 1. The number of allylic oxidation sites excluding steroid dienone is 1. The van der Waals surface area contributed by atoms with Gasteiger partial charge >= 0.3 is 0 Å². The highest BCUT2D eigenvalue weighted by molar-refractivity contribution is 5.77. The summed E-state index contributed by atoms with van der Waals surface area (Å²) in [5.41, 5.74) is 0.312. The lowest BCUT2D eigenvalue weighted by Crippen LogP contribution is -1.76. The summed E-state index contributed by atoms with van der Waals surface area (Å²) in [6.45, 7) is 1.64. The largest absolute Gasteiger partial charge is 0.449 e. The van der Waals surface area contributed by atoms with Crippen molar-refractivity contribution in [2.75, 3.05) is 0 Å². The second-order valence-electron chi connectivity index (χ2n) is 1.94. The van der Waals surface area contributed by atoms with Crippen LogP contribution in [0.5, 0.6) is 0 Å². The number of halogens is 1. The SMILES string of the molecule is Cc1nc(/C=C(/F)C=O)co1. The van der Waals surface area contributed by atoms with Gasteiger partial charge in [0.05, 0.1) is 0 Å². The van der Waals surface area contributed by atoms with Crippen LogP contribution in [0.25, 0.3) is 6.08 Å². The van der Waals surface area contributed by atoms with Gasteiger partial charge in [-0.3, -0.25) is 4.79 Å². The van der Waals surface area contributed by atoms with Crippen LogP contribution in [0.4, 0.5) is 4.39 Å². The van der Waals surface area contributed by atoms with Crippen LogP contribution in [0.1, 0.15) is 11.6 Å². The molecule has 3 nitrogen and oxygen atoms in total. The van der Waals surface area contributed by atoms with Gasteiger partial charge in [-0.2, -0.15) is 0 Å². The minimum atomic E-state index is -0.863. The molecular weight excluding hydrogens is 149 g/mol. The Hall–Kier alpha value is -1.45. The summed E-state index contributed by atoms with van der Waals surface area (Å²) >= 11 is 0. The van der Waals surface area contributed by atoms with E-state index < -0.39 is 5.83 Å². The fraction of sp³-hybridized carbons (Fsp3) is 0.143. The van der Waals surface area contributed by atoms with Crippen LogP contribution >= 0.6 is 0 Å². The molecule has 0 aliphatic carbocycles. The molecular formula is C7H6FNO2. The van der Waals surface area contributed by atoms with Crippen LogP contribution in [0.2, 0.25) is 0 Å². The molecule has 0 aromatic carbocycles. The molecule has 0 aliphatic heterocycles. The topological polar surface area (TPSA) is 43.1 Å². The van der Waals surface area contributed by atoms with Crippen LogP contribution in [0, 0.1) is 6.92 Å². The summed E-state index contributed by atoms with van der Waals surface area (Å²) in [5, 5.41) is 0. The summed E-state index contributed by atoms with van der Waals surface area (Å²) in [6, 6.07) is 0. The van der Waals surface area contributed by atoms with E-state index in [1.807, 2.05) is 0 Å². The zero-order chi connectivity index (χ0) is 8.27. The maximum Gasteiger partial charge on any atom is 0.191 e. The molecule has 0 spiro atoms. The molecule has 11 heavy (non-hydrogen) atoms. The Morgan fingerprint density at radius 1 is 1.82 bits per heavy atom. The molecule has 1 aromatic rings. The van der Waals surface area contributed by atoms with E-state index in [1.165, 1.54) is 6.26 Å². The van der Waals surface area contributed by atoms with Crippen molar-refractivity contribution in [2.45, 2.75) is 6.92 Å². The first kappa shape index (κ1) is 7.65. The molecule has 1 heterocycles. The number of aldehydes is 1. The van der Waals surface area contributed by atoms with Crippen molar-refractivity contribution in [2.24, 2.45) is 0 Å². The third kappa shape index (κ3) is 2.00. The lowest BCUT2D eigenvalue weighted by Gasteiger charge is -1.78. The van der Waals surface area contributed by atoms with Gasteiger partial charge in [0.25, 0.3) is 0 Å². The first-order valence-electron chi connectivity index (χ1n) is 2.97. The number of rotatable bonds is 2. The molecule has 0 fully saturated rings. The smallest absolute Gasteiger partial charge is 0.191 e. The van der Waals surface area contributed by atoms with Crippen molar-refractivity contribution in [1.29, 1.82) is 0 Å². The number of aryl methyl sites for hydroxylation is 1. The van der Waals surface area contributed by atoms with E-state index in [2.05, 4.69) is 4.98 Å². The van der Waals surface area contributed by atoms with E-state index in [0.29, 0.717) is 11.6 Å². The Morgan fingerprint density at radius 3 is 3.00 bits per heavy atom. The highest BCUT2D eigenvalue weighted by Gasteiger charge is 1.97. The predicted octanol–water partition coefficient (Wildman–Crippen LogP) is 1.49. The van der Waals surface area contributed by atoms with Gasteiger partial charge in [-0.15, -0.1) is 0 Å². The number of carbonyl (C=O) groups is 1. The van der Waals surface area contributed by atoms with Gasteiger partial charge in [-0.05, 0) is 0 Å². The average molecular weight is 155 g/mol. The molecule has 0 unspecified atom stereocenters. The van der Waals surface area contributed by atoms with E-state index in [4.69, 9.17) is 4.42 Å². The monoisotopic (exact) mass is 155 g/mol. The quantitative estimate of drug-likeness (QED) is 0.480. The van der Waals surface area contributed by atoms with Gasteiger partial charge in [0.1, 0.15) is 12.0 Å². The number of aromatic nitrogens is 1. The standard InChI is InChI=1S/C7H6FNO2/c1-5-9-7(4-11-5)2-6(8)3-10/h2-4H,1H3/b6-2+. The minimum Gasteiger partial charge on any atom is -0.449 e.